The van der Waals surface area contributed by atoms with Crippen molar-refractivity contribution in [3.8, 4) is 0 Å². The average molecular weight is 237 g/mol. The minimum Gasteiger partial charge on any atom is -0.476 e. The minimum absolute atomic E-state index is 0.241. The molecule has 17 heavy (non-hydrogen) atoms. The standard InChI is InChI=1S/C12H19N3O2/c1-4-15-10-7-14(8(2)3)6-5-9(10)11(13-15)12(16)17/h8H,4-7H2,1-3H3,(H,16,17). The lowest BCUT2D eigenvalue weighted by Gasteiger charge is -2.30. The number of rotatable bonds is 3. The Bertz CT molecular complexity index is 437. The van der Waals surface area contributed by atoms with Gasteiger partial charge in [0.2, 0.25) is 0 Å². The molecule has 5 heteroatoms. The summed E-state index contributed by atoms with van der Waals surface area (Å²) in [6, 6.07) is 0.483. The summed E-state index contributed by atoms with van der Waals surface area (Å²) in [5.74, 6) is -0.911. The van der Waals surface area contributed by atoms with Crippen LogP contribution in [-0.2, 0) is 19.5 Å². The van der Waals surface area contributed by atoms with Crippen LogP contribution < -0.4 is 0 Å². The first-order valence-corrected chi connectivity index (χ1v) is 6.10. The van der Waals surface area contributed by atoms with Crippen LogP contribution in [-0.4, -0.2) is 38.3 Å². The molecule has 1 aliphatic rings. The first-order valence-electron chi connectivity index (χ1n) is 6.10. The number of carboxylic acid groups (broad SMARTS) is 1. The Labute approximate surface area is 101 Å². The number of carboxylic acids is 1. The minimum atomic E-state index is -0.911. The first kappa shape index (κ1) is 12.1. The summed E-state index contributed by atoms with van der Waals surface area (Å²) in [6.07, 6.45) is 0.787. The molecule has 0 radical (unpaired) electrons. The Kier molecular flexibility index (Phi) is 3.19. The molecule has 0 spiro atoms. The van der Waals surface area contributed by atoms with Crippen LogP contribution in [0, 0.1) is 0 Å². The van der Waals surface area contributed by atoms with Crippen LogP contribution in [0.1, 0.15) is 42.5 Å². The van der Waals surface area contributed by atoms with E-state index in [-0.39, 0.29) is 5.69 Å². The maximum Gasteiger partial charge on any atom is 0.356 e. The number of carbonyl (C=O) groups is 1. The summed E-state index contributed by atoms with van der Waals surface area (Å²) in [7, 11) is 0. The Balaban J connectivity index is 2.39. The largest absolute Gasteiger partial charge is 0.476 e. The number of fused-ring (bicyclic) bond motifs is 1. The highest BCUT2D eigenvalue weighted by Gasteiger charge is 2.28. The van der Waals surface area contributed by atoms with Gasteiger partial charge < -0.3 is 5.11 Å². The topological polar surface area (TPSA) is 58.4 Å². The van der Waals surface area contributed by atoms with Gasteiger partial charge in [0.25, 0.3) is 0 Å². The van der Waals surface area contributed by atoms with Crippen LogP contribution in [0.4, 0.5) is 0 Å². The lowest BCUT2D eigenvalue weighted by molar-refractivity contribution is 0.0688. The van der Waals surface area contributed by atoms with Gasteiger partial charge in [-0.3, -0.25) is 9.58 Å². The fourth-order valence-corrected chi connectivity index (χ4v) is 2.37. The predicted octanol–water partition coefficient (Wildman–Crippen LogP) is 1.37. The highest BCUT2D eigenvalue weighted by Crippen LogP contribution is 2.23. The summed E-state index contributed by atoms with van der Waals surface area (Å²) in [5, 5.41) is 13.3. The number of hydrogen-bond acceptors (Lipinski definition) is 3. The summed E-state index contributed by atoms with van der Waals surface area (Å²) in [4.78, 5) is 13.5. The Morgan fingerprint density at radius 1 is 1.53 bits per heavy atom. The van der Waals surface area contributed by atoms with Crippen molar-refractivity contribution in [2.24, 2.45) is 0 Å². The Morgan fingerprint density at radius 3 is 2.76 bits per heavy atom. The second kappa shape index (κ2) is 4.49. The normalized spacial score (nSPS) is 16.2. The lowest BCUT2D eigenvalue weighted by Crippen LogP contribution is -2.36. The third kappa shape index (κ3) is 2.07. The van der Waals surface area contributed by atoms with E-state index in [1.807, 2.05) is 11.6 Å². The number of aromatic nitrogens is 2. The van der Waals surface area contributed by atoms with Crippen molar-refractivity contribution in [3.05, 3.63) is 17.0 Å². The van der Waals surface area contributed by atoms with Gasteiger partial charge in [-0.15, -0.1) is 0 Å². The molecule has 0 atom stereocenters. The molecule has 94 valence electrons. The fourth-order valence-electron chi connectivity index (χ4n) is 2.37. The molecular weight excluding hydrogens is 218 g/mol. The van der Waals surface area contributed by atoms with E-state index in [2.05, 4.69) is 23.8 Å². The van der Waals surface area contributed by atoms with E-state index in [1.165, 1.54) is 0 Å². The average Bonchev–Trinajstić information content (AvgIpc) is 2.66. The SMILES string of the molecule is CCn1nc(C(=O)O)c2c1CN(C(C)C)CC2. The molecular formula is C12H19N3O2. The van der Waals surface area contributed by atoms with Gasteiger partial charge in [0.1, 0.15) is 0 Å². The molecule has 1 N–H and O–H groups in total. The molecule has 1 aromatic heterocycles. The second-order valence-electron chi connectivity index (χ2n) is 4.71. The maximum atomic E-state index is 11.1. The molecule has 1 aliphatic heterocycles. The number of nitrogens with zero attached hydrogens (tertiary/aromatic N) is 3. The van der Waals surface area contributed by atoms with Gasteiger partial charge in [0.15, 0.2) is 5.69 Å². The Morgan fingerprint density at radius 2 is 2.24 bits per heavy atom. The zero-order chi connectivity index (χ0) is 12.6. The smallest absolute Gasteiger partial charge is 0.356 e. The molecule has 0 amide bonds. The second-order valence-corrected chi connectivity index (χ2v) is 4.71. The monoisotopic (exact) mass is 237 g/mol. The lowest BCUT2D eigenvalue weighted by atomic mass is 10.0. The molecule has 2 heterocycles. The summed E-state index contributed by atoms with van der Waals surface area (Å²) in [6.45, 7) is 8.77. The van der Waals surface area contributed by atoms with Crippen LogP contribution in [0.25, 0.3) is 0 Å². The quantitative estimate of drug-likeness (QED) is 0.862. The van der Waals surface area contributed by atoms with Gasteiger partial charge in [0, 0.05) is 31.2 Å². The van der Waals surface area contributed by atoms with Crippen molar-refractivity contribution in [1.29, 1.82) is 0 Å². The van der Waals surface area contributed by atoms with E-state index in [0.29, 0.717) is 6.04 Å². The van der Waals surface area contributed by atoms with Gasteiger partial charge in [-0.1, -0.05) is 0 Å². The van der Waals surface area contributed by atoms with Crippen molar-refractivity contribution in [2.45, 2.75) is 46.3 Å². The summed E-state index contributed by atoms with van der Waals surface area (Å²) in [5.41, 5.74) is 2.24. The van der Waals surface area contributed by atoms with Crippen LogP contribution in [0.5, 0.6) is 0 Å². The van der Waals surface area contributed by atoms with Gasteiger partial charge in [0.05, 0.1) is 5.69 Å². The van der Waals surface area contributed by atoms with E-state index in [1.54, 1.807) is 0 Å². The number of hydrogen-bond donors (Lipinski definition) is 1. The highest BCUT2D eigenvalue weighted by molar-refractivity contribution is 5.87. The van der Waals surface area contributed by atoms with E-state index >= 15 is 0 Å². The van der Waals surface area contributed by atoms with E-state index in [4.69, 9.17) is 5.11 Å². The zero-order valence-corrected chi connectivity index (χ0v) is 10.6. The molecule has 5 nitrogen and oxygen atoms in total. The molecule has 0 bridgehead atoms. The zero-order valence-electron chi connectivity index (χ0n) is 10.6. The van der Waals surface area contributed by atoms with Crippen LogP contribution >= 0.6 is 0 Å². The van der Waals surface area contributed by atoms with Gasteiger partial charge >= 0.3 is 5.97 Å². The van der Waals surface area contributed by atoms with Gasteiger partial charge in [-0.2, -0.15) is 5.10 Å². The van der Waals surface area contributed by atoms with E-state index in [0.717, 1.165) is 37.3 Å². The third-order valence-corrected chi connectivity index (χ3v) is 3.40. The number of aromatic carboxylic acids is 1. The van der Waals surface area contributed by atoms with E-state index < -0.39 is 5.97 Å². The van der Waals surface area contributed by atoms with Crippen LogP contribution in [0.2, 0.25) is 0 Å². The molecule has 0 saturated heterocycles. The molecule has 0 unspecified atom stereocenters. The van der Waals surface area contributed by atoms with Gasteiger partial charge in [-0.25, -0.2) is 4.79 Å². The van der Waals surface area contributed by atoms with Crippen molar-refractivity contribution in [1.82, 2.24) is 14.7 Å². The van der Waals surface area contributed by atoms with Gasteiger partial charge in [-0.05, 0) is 27.2 Å². The third-order valence-electron chi connectivity index (χ3n) is 3.40. The van der Waals surface area contributed by atoms with Crippen LogP contribution in [0.15, 0.2) is 0 Å². The van der Waals surface area contributed by atoms with Crippen molar-refractivity contribution in [3.63, 3.8) is 0 Å². The van der Waals surface area contributed by atoms with Crippen molar-refractivity contribution in [2.75, 3.05) is 6.54 Å². The molecule has 2 rings (SSSR count). The highest BCUT2D eigenvalue weighted by atomic mass is 16.4. The molecule has 1 aromatic rings. The van der Waals surface area contributed by atoms with Crippen molar-refractivity contribution >= 4 is 5.97 Å². The molecule has 0 aliphatic carbocycles. The fraction of sp³-hybridized carbons (Fsp3) is 0.667. The molecule has 0 aromatic carbocycles. The van der Waals surface area contributed by atoms with E-state index in [9.17, 15) is 4.79 Å². The summed E-state index contributed by atoms with van der Waals surface area (Å²) >= 11 is 0. The maximum absolute atomic E-state index is 11.1. The summed E-state index contributed by atoms with van der Waals surface area (Å²) < 4.78 is 1.83. The van der Waals surface area contributed by atoms with Crippen LogP contribution in [0.3, 0.4) is 0 Å². The molecule has 0 fully saturated rings. The molecule has 0 saturated carbocycles. The Hall–Kier alpha value is -1.36. The van der Waals surface area contributed by atoms with Crippen molar-refractivity contribution < 1.29 is 9.90 Å². The predicted molar refractivity (Wildman–Crippen MR) is 64.1 cm³/mol. The number of aryl methyl sites for hydroxylation is 1. The first-order chi connectivity index (χ1) is 8.04.